The highest BCUT2D eigenvalue weighted by Gasteiger charge is 2.37. The molecule has 7 nitrogen and oxygen atoms in total. The zero-order chi connectivity index (χ0) is 23.0. The topological polar surface area (TPSA) is 83.4 Å². The number of fused-ring (bicyclic) bond motifs is 4. The van der Waals surface area contributed by atoms with Gasteiger partial charge in [-0.1, -0.05) is 26.8 Å². The summed E-state index contributed by atoms with van der Waals surface area (Å²) in [7, 11) is 0. The van der Waals surface area contributed by atoms with Gasteiger partial charge in [-0.15, -0.1) is 0 Å². The van der Waals surface area contributed by atoms with Gasteiger partial charge in [0.15, 0.2) is 0 Å². The molecule has 0 aliphatic carbocycles. The molecule has 4 rings (SSSR count). The van der Waals surface area contributed by atoms with E-state index in [0.29, 0.717) is 31.7 Å². The third kappa shape index (κ3) is 4.84. The molecule has 0 radical (unpaired) electrons. The summed E-state index contributed by atoms with van der Waals surface area (Å²) in [5.41, 5.74) is 1.04. The van der Waals surface area contributed by atoms with Gasteiger partial charge in [-0.2, -0.15) is 0 Å². The molecule has 2 aromatic rings. The highest BCUT2D eigenvalue weighted by atomic mass is 19.1. The molecule has 8 heteroatoms. The first-order valence-electron chi connectivity index (χ1n) is 10.9. The summed E-state index contributed by atoms with van der Waals surface area (Å²) in [6, 6.07) is 8.40. The van der Waals surface area contributed by atoms with E-state index in [2.05, 4.69) is 31.4 Å². The SMILES string of the molecule is CC(C)(C)CC(=O)N1C[C@H]2C[C@H](C1)c1ccc(NC(=O)Nc3cccc(F)c3)c(=O)n1C2. The summed E-state index contributed by atoms with van der Waals surface area (Å²) in [5.74, 6) is 0.0158. The predicted molar refractivity (Wildman–Crippen MR) is 121 cm³/mol. The van der Waals surface area contributed by atoms with Crippen molar-refractivity contribution >= 4 is 23.3 Å². The fourth-order valence-electron chi connectivity index (χ4n) is 4.66. The van der Waals surface area contributed by atoms with Crippen LogP contribution in [-0.2, 0) is 11.3 Å². The van der Waals surface area contributed by atoms with Crippen molar-refractivity contribution in [1.29, 1.82) is 0 Å². The maximum absolute atomic E-state index is 13.3. The number of urea groups is 1. The standard InChI is InChI=1S/C24H29FN4O3/c1-24(2,3)11-21(30)28-12-15-9-16(14-28)20-8-7-19(22(31)29(20)13-15)27-23(32)26-18-6-4-5-17(25)10-18/h4-8,10,15-16H,9,11-14H2,1-3H3,(H2,26,27,32)/t15-,16-/m1/s1. The average Bonchev–Trinajstić information content (AvgIpc) is 2.69. The van der Waals surface area contributed by atoms with Crippen LogP contribution in [0.2, 0.25) is 0 Å². The Morgan fingerprint density at radius 1 is 1.09 bits per heavy atom. The molecular formula is C24H29FN4O3. The third-order valence-corrected chi connectivity index (χ3v) is 5.97. The van der Waals surface area contributed by atoms with E-state index in [4.69, 9.17) is 0 Å². The number of nitrogens with one attached hydrogen (secondary N) is 2. The second kappa shape index (κ2) is 8.41. The molecule has 2 bridgehead atoms. The Hall–Kier alpha value is -3.16. The molecule has 3 amide bonds. The van der Waals surface area contributed by atoms with Crippen LogP contribution in [-0.4, -0.2) is 34.5 Å². The van der Waals surface area contributed by atoms with Crippen LogP contribution in [0.5, 0.6) is 0 Å². The van der Waals surface area contributed by atoms with Gasteiger partial charge >= 0.3 is 6.03 Å². The van der Waals surface area contributed by atoms with Crippen LogP contribution in [0.25, 0.3) is 0 Å². The van der Waals surface area contributed by atoms with Crippen molar-refractivity contribution in [2.75, 3.05) is 23.7 Å². The van der Waals surface area contributed by atoms with Crippen LogP contribution < -0.4 is 16.2 Å². The molecule has 0 saturated carbocycles. The van der Waals surface area contributed by atoms with Gasteiger partial charge < -0.3 is 20.1 Å². The number of rotatable bonds is 3. The maximum atomic E-state index is 13.3. The summed E-state index contributed by atoms with van der Waals surface area (Å²) in [6.07, 6.45) is 1.45. The van der Waals surface area contributed by atoms with Gasteiger partial charge in [0.05, 0.1) is 0 Å². The van der Waals surface area contributed by atoms with E-state index >= 15 is 0 Å². The number of carbonyl (C=O) groups is 2. The van der Waals surface area contributed by atoms with Crippen molar-refractivity contribution in [3.63, 3.8) is 0 Å². The molecule has 1 saturated heterocycles. The summed E-state index contributed by atoms with van der Waals surface area (Å²) in [4.78, 5) is 40.1. The van der Waals surface area contributed by atoms with Crippen LogP contribution in [0.4, 0.5) is 20.6 Å². The number of anilines is 2. The molecule has 2 aliphatic rings. The Balaban J connectivity index is 1.49. The minimum atomic E-state index is -0.608. The first-order valence-corrected chi connectivity index (χ1v) is 10.9. The van der Waals surface area contributed by atoms with E-state index in [9.17, 15) is 18.8 Å². The summed E-state index contributed by atoms with van der Waals surface area (Å²) < 4.78 is 15.0. The molecule has 170 valence electrons. The molecule has 0 unspecified atom stereocenters. The number of piperidine rings is 1. The Morgan fingerprint density at radius 2 is 1.88 bits per heavy atom. The number of amides is 3. The Bertz CT molecular complexity index is 1110. The summed E-state index contributed by atoms with van der Waals surface area (Å²) in [5, 5.41) is 5.11. The van der Waals surface area contributed by atoms with Crippen molar-refractivity contribution in [1.82, 2.24) is 9.47 Å². The number of benzene rings is 1. The number of nitrogens with zero attached hydrogens (tertiary/aromatic N) is 2. The van der Waals surface area contributed by atoms with E-state index in [-0.39, 0.29) is 34.4 Å². The minimum Gasteiger partial charge on any atom is -0.342 e. The van der Waals surface area contributed by atoms with E-state index < -0.39 is 11.8 Å². The van der Waals surface area contributed by atoms with Crippen LogP contribution in [0, 0.1) is 17.2 Å². The number of aromatic nitrogens is 1. The van der Waals surface area contributed by atoms with E-state index in [1.165, 1.54) is 18.2 Å². The smallest absolute Gasteiger partial charge is 0.323 e. The van der Waals surface area contributed by atoms with Crippen LogP contribution in [0.3, 0.4) is 0 Å². The molecule has 0 spiro atoms. The first-order chi connectivity index (χ1) is 15.1. The fourth-order valence-corrected chi connectivity index (χ4v) is 4.66. The van der Waals surface area contributed by atoms with E-state index in [1.807, 2.05) is 11.0 Å². The number of halogens is 1. The molecule has 2 aliphatic heterocycles. The van der Waals surface area contributed by atoms with Gasteiger partial charge in [-0.3, -0.25) is 9.59 Å². The molecule has 1 aromatic heterocycles. The molecule has 32 heavy (non-hydrogen) atoms. The number of likely N-dealkylation sites (tertiary alicyclic amines) is 1. The summed E-state index contributed by atoms with van der Waals surface area (Å²) in [6.45, 7) is 7.95. The second-order valence-corrected chi connectivity index (χ2v) is 10.0. The van der Waals surface area contributed by atoms with Gasteiger partial charge in [-0.05, 0) is 48.1 Å². The lowest BCUT2D eigenvalue weighted by Crippen LogP contribution is -2.49. The molecular weight excluding hydrogens is 411 g/mol. The average molecular weight is 441 g/mol. The fraction of sp³-hybridized carbons (Fsp3) is 0.458. The Kier molecular flexibility index (Phi) is 5.79. The van der Waals surface area contributed by atoms with Gasteiger partial charge in [0.1, 0.15) is 11.5 Å². The lowest BCUT2D eigenvalue weighted by molar-refractivity contribution is -0.135. The van der Waals surface area contributed by atoms with Crippen molar-refractivity contribution in [3.05, 3.63) is 58.3 Å². The zero-order valence-corrected chi connectivity index (χ0v) is 18.7. The van der Waals surface area contributed by atoms with Gasteiger partial charge in [0.2, 0.25) is 5.91 Å². The van der Waals surface area contributed by atoms with Crippen LogP contribution in [0.15, 0.2) is 41.2 Å². The zero-order valence-electron chi connectivity index (χ0n) is 18.7. The molecule has 2 atom stereocenters. The van der Waals surface area contributed by atoms with Crippen molar-refractivity contribution in [2.24, 2.45) is 11.3 Å². The van der Waals surface area contributed by atoms with Gasteiger partial charge in [0.25, 0.3) is 5.56 Å². The lowest BCUT2D eigenvalue weighted by Gasteiger charge is -2.43. The molecule has 3 heterocycles. The largest absolute Gasteiger partial charge is 0.342 e. The number of hydrogen-bond donors (Lipinski definition) is 2. The number of carbonyl (C=O) groups excluding carboxylic acids is 2. The normalized spacial score (nSPS) is 19.8. The lowest BCUT2D eigenvalue weighted by atomic mass is 9.82. The Morgan fingerprint density at radius 3 is 2.59 bits per heavy atom. The van der Waals surface area contributed by atoms with Crippen molar-refractivity contribution in [2.45, 2.75) is 46.1 Å². The van der Waals surface area contributed by atoms with Crippen LogP contribution in [0.1, 0.15) is 45.2 Å². The van der Waals surface area contributed by atoms with E-state index in [1.54, 1.807) is 16.7 Å². The first kappa shape index (κ1) is 22.0. The van der Waals surface area contributed by atoms with Crippen molar-refractivity contribution < 1.29 is 14.0 Å². The molecule has 1 fully saturated rings. The molecule has 1 aromatic carbocycles. The number of pyridine rings is 1. The quantitative estimate of drug-likeness (QED) is 0.756. The van der Waals surface area contributed by atoms with Crippen molar-refractivity contribution in [3.8, 4) is 0 Å². The molecule has 2 N–H and O–H groups in total. The van der Waals surface area contributed by atoms with Gasteiger partial charge in [0, 0.05) is 43.4 Å². The predicted octanol–water partition coefficient (Wildman–Crippen LogP) is 4.01. The van der Waals surface area contributed by atoms with E-state index in [0.717, 1.165) is 12.1 Å². The highest BCUT2D eigenvalue weighted by molar-refractivity contribution is 5.99. The third-order valence-electron chi connectivity index (χ3n) is 5.97. The Labute approximate surface area is 186 Å². The monoisotopic (exact) mass is 440 g/mol. The highest BCUT2D eigenvalue weighted by Crippen LogP contribution is 2.36. The number of hydrogen-bond acceptors (Lipinski definition) is 3. The second-order valence-electron chi connectivity index (χ2n) is 10.0. The van der Waals surface area contributed by atoms with Gasteiger partial charge in [-0.25, -0.2) is 9.18 Å². The van der Waals surface area contributed by atoms with Crippen LogP contribution >= 0.6 is 0 Å². The minimum absolute atomic E-state index is 0.0643. The summed E-state index contributed by atoms with van der Waals surface area (Å²) >= 11 is 0. The maximum Gasteiger partial charge on any atom is 0.323 e.